The first kappa shape index (κ1) is 61.3. The average molecular weight is 1190 g/mol. The van der Waals surface area contributed by atoms with Crippen LogP contribution in [0.2, 0.25) is 0 Å². The Morgan fingerprint density at radius 3 is 1.65 bits per heavy atom. The fraction of sp³-hybridized carbons (Fsp3) is 0.403. The first-order valence-electron chi connectivity index (χ1n) is 30.4. The minimum absolute atomic E-state index is 0.00719. The van der Waals surface area contributed by atoms with Crippen molar-refractivity contribution >= 4 is 69.0 Å². The molecule has 2 aliphatic carbocycles. The summed E-state index contributed by atoms with van der Waals surface area (Å²) < 4.78 is 5.88. The molecule has 1 aromatic heterocycles. The summed E-state index contributed by atoms with van der Waals surface area (Å²) in [6, 6.07) is 31.7. The number of rotatable bonds is 26. The van der Waals surface area contributed by atoms with Crippen molar-refractivity contribution < 1.29 is 43.1 Å². The molecule has 5 aromatic carbocycles. The van der Waals surface area contributed by atoms with Gasteiger partial charge in [0.05, 0.1) is 18.3 Å². The summed E-state index contributed by atoms with van der Waals surface area (Å²) in [6.45, 7) is 0.573. The molecule has 4 fully saturated rings. The summed E-state index contributed by atoms with van der Waals surface area (Å²) in [4.78, 5) is 119. The maximum Gasteiger partial charge on any atom is 0.408 e. The highest BCUT2D eigenvalue weighted by Crippen LogP contribution is 2.36. The Kier molecular flexibility index (Phi) is 20.3. The van der Waals surface area contributed by atoms with Crippen LogP contribution in [0.15, 0.2) is 128 Å². The maximum atomic E-state index is 14.5. The van der Waals surface area contributed by atoms with Gasteiger partial charge in [0.25, 0.3) is 5.91 Å². The highest BCUT2D eigenvalue weighted by atomic mass is 16.5. The highest BCUT2D eigenvalue weighted by molar-refractivity contribution is 5.98. The molecule has 0 spiro atoms. The molecule has 9 unspecified atom stereocenters. The van der Waals surface area contributed by atoms with Gasteiger partial charge in [-0.15, -0.1) is 0 Å². The lowest BCUT2D eigenvalue weighted by molar-refractivity contribution is -0.131. The standard InChI is InChI=1S/C67H72N12O9/c68-35-50(31-46-17-9-25-72-60(46)80)74-62(82)56(29-41-23-24-41)77-65(85)58(34-45-16-8-14-43-11-2-5-19-53(43)45)79-67(87)88-39-47-12-3-6-20-54(47)49-30-48(61(81)73-37-49)32-51(36-69)75-63(83)55(28-40-21-22-40)76-64(84)57(78-66(86)59-38-70-26-27-71-59)33-44-15-7-13-42-10-1-4-18-52(42)44/h1-8,10-16,18-20,26-27,38,40-41,46,48-51,55-58H,9,17,21-25,28-34,37,39H2,(H,72,80)(H,73,81)(H,74,82)(H,75,83)(H,76,84)(H,77,85)(H,78,86)(H,79,87). The number of nitrogens with one attached hydrogen (secondary N) is 8. The van der Waals surface area contributed by atoms with E-state index >= 15 is 0 Å². The van der Waals surface area contributed by atoms with Gasteiger partial charge in [0.2, 0.25) is 35.4 Å². The van der Waals surface area contributed by atoms with Crippen molar-refractivity contribution in [3.63, 3.8) is 0 Å². The first-order chi connectivity index (χ1) is 42.8. The number of piperidine rings is 2. The third kappa shape index (κ3) is 16.4. The van der Waals surface area contributed by atoms with Crippen molar-refractivity contribution in [3.8, 4) is 12.1 Å². The van der Waals surface area contributed by atoms with Gasteiger partial charge in [-0.1, -0.05) is 135 Å². The topological polar surface area (TPSA) is 315 Å². The largest absolute Gasteiger partial charge is 0.445 e. The summed E-state index contributed by atoms with van der Waals surface area (Å²) in [5.41, 5.74) is 2.96. The number of fused-ring (bicyclic) bond motifs is 2. The molecule has 88 heavy (non-hydrogen) atoms. The Labute approximate surface area is 509 Å². The minimum atomic E-state index is -1.22. The lowest BCUT2D eigenvalue weighted by Gasteiger charge is -2.32. The Morgan fingerprint density at radius 1 is 0.557 bits per heavy atom. The number of carbonyl (C=O) groups excluding carboxylic acids is 8. The highest BCUT2D eigenvalue weighted by Gasteiger charge is 2.38. The smallest absolute Gasteiger partial charge is 0.408 e. The van der Waals surface area contributed by atoms with Crippen molar-refractivity contribution in [2.24, 2.45) is 23.7 Å². The molecule has 3 heterocycles. The molecule has 8 amide bonds. The summed E-state index contributed by atoms with van der Waals surface area (Å²) in [5, 5.41) is 47.0. The van der Waals surface area contributed by atoms with E-state index < -0.39 is 83.7 Å². The zero-order valence-electron chi connectivity index (χ0n) is 48.8. The van der Waals surface area contributed by atoms with E-state index in [1.807, 2.05) is 97.1 Å². The Balaban J connectivity index is 0.788. The van der Waals surface area contributed by atoms with E-state index in [9.17, 15) is 48.9 Å². The van der Waals surface area contributed by atoms with E-state index in [0.717, 1.165) is 70.3 Å². The van der Waals surface area contributed by atoms with Crippen molar-refractivity contribution in [3.05, 3.63) is 156 Å². The Hall–Kier alpha value is -9.76. The van der Waals surface area contributed by atoms with Crippen LogP contribution < -0.4 is 42.5 Å². The maximum absolute atomic E-state index is 14.5. The van der Waals surface area contributed by atoms with E-state index in [1.54, 1.807) is 12.1 Å². The summed E-state index contributed by atoms with van der Waals surface area (Å²) in [6.07, 6.45) is 9.12. The Morgan fingerprint density at radius 2 is 1.08 bits per heavy atom. The van der Waals surface area contributed by atoms with Gasteiger partial charge in [0, 0.05) is 56.1 Å². The second-order valence-electron chi connectivity index (χ2n) is 23.6. The number of hydrogen-bond donors (Lipinski definition) is 8. The van der Waals surface area contributed by atoms with Crippen LogP contribution in [-0.4, -0.2) is 107 Å². The predicted octanol–water partition coefficient (Wildman–Crippen LogP) is 5.77. The van der Waals surface area contributed by atoms with E-state index in [0.29, 0.717) is 31.4 Å². The average Bonchev–Trinajstić information content (AvgIpc) is 4.68. The van der Waals surface area contributed by atoms with E-state index in [1.165, 1.54) is 18.6 Å². The Bertz CT molecular complexity index is 3630. The molecule has 2 saturated carbocycles. The van der Waals surface area contributed by atoms with Crippen LogP contribution in [0, 0.1) is 46.3 Å². The molecule has 0 radical (unpaired) electrons. The molecule has 454 valence electrons. The molecule has 2 aliphatic heterocycles. The molecule has 6 aromatic rings. The van der Waals surface area contributed by atoms with Gasteiger partial charge in [-0.3, -0.25) is 38.5 Å². The van der Waals surface area contributed by atoms with E-state index in [4.69, 9.17) is 4.74 Å². The monoisotopic (exact) mass is 1190 g/mol. The molecule has 21 heteroatoms. The minimum Gasteiger partial charge on any atom is -0.445 e. The van der Waals surface area contributed by atoms with Crippen molar-refractivity contribution in [1.29, 1.82) is 10.5 Å². The second kappa shape index (κ2) is 29.1. The van der Waals surface area contributed by atoms with Gasteiger partial charge in [0.1, 0.15) is 48.6 Å². The SMILES string of the molecule is N#CC(CC1CCCNC1=O)NC(=O)C(CC1CC1)NC(=O)C(Cc1cccc2ccccc12)NC(=O)OCc1ccccc1C1CNC(=O)C(CC(C#N)NC(=O)C(CC2CC2)NC(=O)C(Cc2cccc3ccccc23)NC(=O)c2cnccn2)C1. The van der Waals surface area contributed by atoms with Crippen LogP contribution >= 0.6 is 0 Å². The third-order valence-electron chi connectivity index (χ3n) is 17.1. The number of hydrogen-bond acceptors (Lipinski definition) is 13. The van der Waals surface area contributed by atoms with Gasteiger partial charge in [-0.25, -0.2) is 9.78 Å². The molecule has 2 saturated heterocycles. The van der Waals surface area contributed by atoms with Crippen molar-refractivity contribution in [1.82, 2.24) is 52.5 Å². The van der Waals surface area contributed by atoms with Gasteiger partial charge >= 0.3 is 6.09 Å². The molecule has 10 rings (SSSR count). The van der Waals surface area contributed by atoms with Crippen LogP contribution in [0.5, 0.6) is 0 Å². The number of ether oxygens (including phenoxy) is 1. The summed E-state index contributed by atoms with van der Waals surface area (Å²) in [5.74, 6) is -4.62. The van der Waals surface area contributed by atoms with E-state index in [2.05, 4.69) is 64.6 Å². The fourth-order valence-electron chi connectivity index (χ4n) is 12.0. The van der Waals surface area contributed by atoms with Crippen LogP contribution in [0.25, 0.3) is 21.5 Å². The number of nitrogens with zero attached hydrogens (tertiary/aromatic N) is 4. The number of aromatic nitrogens is 2. The first-order valence-corrected chi connectivity index (χ1v) is 30.4. The van der Waals surface area contributed by atoms with Gasteiger partial charge in [0.15, 0.2) is 0 Å². The second-order valence-corrected chi connectivity index (χ2v) is 23.6. The van der Waals surface area contributed by atoms with Crippen molar-refractivity contribution in [2.75, 3.05) is 13.1 Å². The van der Waals surface area contributed by atoms with Crippen molar-refractivity contribution in [2.45, 2.75) is 132 Å². The molecule has 4 aliphatic rings. The van der Waals surface area contributed by atoms with Gasteiger partial charge in [-0.2, -0.15) is 10.5 Å². The van der Waals surface area contributed by atoms with Gasteiger partial charge in [-0.05, 0) is 101 Å². The van der Waals surface area contributed by atoms with Crippen LogP contribution in [0.1, 0.15) is 109 Å². The zero-order valence-corrected chi connectivity index (χ0v) is 48.8. The van der Waals surface area contributed by atoms with Crippen LogP contribution in [-0.2, 0) is 53.0 Å². The number of benzene rings is 5. The number of nitriles is 2. The van der Waals surface area contributed by atoms with Crippen LogP contribution in [0.4, 0.5) is 4.79 Å². The zero-order chi connectivity index (χ0) is 61.5. The number of carbonyl (C=O) groups is 8. The normalized spacial score (nSPS) is 19.3. The predicted molar refractivity (Wildman–Crippen MR) is 325 cm³/mol. The molecule has 21 nitrogen and oxygen atoms in total. The lowest BCUT2D eigenvalue weighted by atomic mass is 9.81. The fourth-order valence-corrected chi connectivity index (χ4v) is 12.0. The van der Waals surface area contributed by atoms with Crippen LogP contribution in [0.3, 0.4) is 0 Å². The molecular weight excluding hydrogens is 1120 g/mol. The molecule has 8 N–H and O–H groups in total. The van der Waals surface area contributed by atoms with Gasteiger partial charge < -0.3 is 47.3 Å². The molecular formula is C67H72N12O9. The number of alkyl carbamates (subject to hydrolysis) is 1. The number of amides is 8. The molecule has 9 atom stereocenters. The lowest BCUT2D eigenvalue weighted by Crippen LogP contribution is -2.56. The summed E-state index contributed by atoms with van der Waals surface area (Å²) >= 11 is 0. The van der Waals surface area contributed by atoms with E-state index in [-0.39, 0.29) is 80.5 Å². The summed E-state index contributed by atoms with van der Waals surface area (Å²) in [7, 11) is 0. The third-order valence-corrected chi connectivity index (χ3v) is 17.1. The quantitative estimate of drug-likeness (QED) is 0.0320. The molecule has 0 bridgehead atoms.